The molecule has 28 heavy (non-hydrogen) atoms. The first-order valence-corrected chi connectivity index (χ1v) is 12.0. The Morgan fingerprint density at radius 2 is 1.71 bits per heavy atom. The molecule has 0 aromatic heterocycles. The maximum atomic E-state index is 13.1. The summed E-state index contributed by atoms with van der Waals surface area (Å²) in [6.07, 6.45) is 5.71. The fraction of sp³-hybridized carbons (Fsp3) is 0.294. The number of amides is 2. The summed E-state index contributed by atoms with van der Waals surface area (Å²) in [6, 6.07) is 6.57. The summed E-state index contributed by atoms with van der Waals surface area (Å²) >= 11 is 0. The lowest BCUT2D eigenvalue weighted by Crippen LogP contribution is -2.65. The first kappa shape index (κ1) is 20.2. The van der Waals surface area contributed by atoms with Crippen LogP contribution in [0.25, 0.3) is 0 Å². The number of rotatable bonds is 5. The van der Waals surface area contributed by atoms with Gasteiger partial charge < -0.3 is 0 Å². The maximum absolute atomic E-state index is 13.1. The van der Waals surface area contributed by atoms with E-state index in [2.05, 4.69) is 9.44 Å². The van der Waals surface area contributed by atoms with Crippen molar-refractivity contribution in [3.63, 3.8) is 0 Å². The van der Waals surface area contributed by atoms with E-state index in [1.807, 2.05) is 0 Å². The predicted octanol–water partition coefficient (Wildman–Crippen LogP) is -0.150. The van der Waals surface area contributed by atoms with Crippen LogP contribution in [0.4, 0.5) is 0 Å². The van der Waals surface area contributed by atoms with E-state index in [-0.39, 0.29) is 24.1 Å². The van der Waals surface area contributed by atoms with Crippen LogP contribution >= 0.6 is 0 Å². The number of imide groups is 1. The molecular formula is C17H19N3O6S2. The average Bonchev–Trinajstić information content (AvgIpc) is 2.51. The summed E-state index contributed by atoms with van der Waals surface area (Å²) in [5.41, 5.74) is -0.789. The van der Waals surface area contributed by atoms with Crippen molar-refractivity contribution in [2.45, 2.75) is 18.5 Å². The topological polar surface area (TPSA) is 130 Å². The van der Waals surface area contributed by atoms with Crippen molar-refractivity contribution in [2.24, 2.45) is 0 Å². The Balaban J connectivity index is 2.09. The molecule has 0 saturated heterocycles. The van der Waals surface area contributed by atoms with Gasteiger partial charge in [-0.3, -0.25) is 19.2 Å². The molecule has 1 aromatic rings. The molecule has 9 nitrogen and oxygen atoms in total. The minimum absolute atomic E-state index is 0.0818. The second-order valence-electron chi connectivity index (χ2n) is 6.77. The number of sulfonamides is 2. The fourth-order valence-corrected chi connectivity index (χ4v) is 4.88. The second kappa shape index (κ2) is 6.83. The standard InChI is InChI=1S/C17H19N3O6S2/c1-27(23,24)18-13-7-5-9-17(11-13,19-28(2,25)26)20-15(21)10-12-6-3-4-8-14(12)16(20)22/h3-9,18-19H,10-11H2,1-2H3. The van der Waals surface area contributed by atoms with Gasteiger partial charge in [0, 0.05) is 17.7 Å². The molecule has 0 saturated carbocycles. The molecule has 2 aliphatic rings. The summed E-state index contributed by atoms with van der Waals surface area (Å²) in [5, 5.41) is 0. The fourth-order valence-electron chi connectivity index (χ4n) is 3.39. The van der Waals surface area contributed by atoms with E-state index in [0.717, 1.165) is 17.4 Å². The SMILES string of the molecule is CS(=O)(=O)NC1=CC=CC(NS(C)(=O)=O)(N2C(=O)Cc3ccccc3C2=O)C1. The largest absolute Gasteiger partial charge is 0.287 e. The monoisotopic (exact) mass is 425 g/mol. The summed E-state index contributed by atoms with van der Waals surface area (Å²) in [4.78, 5) is 26.8. The Labute approximate surface area is 163 Å². The molecule has 0 radical (unpaired) electrons. The number of carbonyl (C=O) groups excluding carboxylic acids is 2. The zero-order valence-electron chi connectivity index (χ0n) is 15.2. The molecule has 3 rings (SSSR count). The van der Waals surface area contributed by atoms with Crippen molar-refractivity contribution in [1.82, 2.24) is 14.3 Å². The Bertz CT molecular complexity index is 1120. The minimum atomic E-state index is -3.87. The van der Waals surface area contributed by atoms with Gasteiger partial charge in [0.25, 0.3) is 5.91 Å². The van der Waals surface area contributed by atoms with Crippen molar-refractivity contribution in [1.29, 1.82) is 0 Å². The Kier molecular flexibility index (Phi) is 4.94. The Hall–Kier alpha value is -2.50. The summed E-state index contributed by atoms with van der Waals surface area (Å²) in [6.45, 7) is 0. The summed E-state index contributed by atoms with van der Waals surface area (Å²) < 4.78 is 51.9. The van der Waals surface area contributed by atoms with Crippen molar-refractivity contribution >= 4 is 31.9 Å². The third-order valence-electron chi connectivity index (χ3n) is 4.25. The van der Waals surface area contributed by atoms with E-state index >= 15 is 0 Å². The Morgan fingerprint density at radius 3 is 2.36 bits per heavy atom. The van der Waals surface area contributed by atoms with Gasteiger partial charge in [-0.25, -0.2) is 16.8 Å². The number of hydrogen-bond donors (Lipinski definition) is 2. The molecule has 0 spiro atoms. The van der Waals surface area contributed by atoms with Crippen LogP contribution in [0.1, 0.15) is 22.3 Å². The van der Waals surface area contributed by atoms with Crippen LogP contribution in [-0.2, 0) is 31.3 Å². The normalized spacial score (nSPS) is 22.6. The van der Waals surface area contributed by atoms with Gasteiger partial charge in [0.15, 0.2) is 0 Å². The third kappa shape index (κ3) is 4.16. The highest BCUT2D eigenvalue weighted by Crippen LogP contribution is 2.32. The van der Waals surface area contributed by atoms with Gasteiger partial charge in [-0.1, -0.05) is 24.3 Å². The molecule has 2 amide bonds. The van der Waals surface area contributed by atoms with Gasteiger partial charge in [-0.2, -0.15) is 4.72 Å². The van der Waals surface area contributed by atoms with Crippen molar-refractivity contribution < 1.29 is 26.4 Å². The highest BCUT2D eigenvalue weighted by Gasteiger charge is 2.47. The van der Waals surface area contributed by atoms with E-state index in [0.29, 0.717) is 5.56 Å². The van der Waals surface area contributed by atoms with Crippen LogP contribution in [0.3, 0.4) is 0 Å². The van der Waals surface area contributed by atoms with Crippen LogP contribution in [0.2, 0.25) is 0 Å². The number of benzene rings is 1. The zero-order chi connectivity index (χ0) is 20.7. The quantitative estimate of drug-likeness (QED) is 0.631. The van der Waals surface area contributed by atoms with Crippen molar-refractivity contribution in [3.05, 3.63) is 59.3 Å². The smallest absolute Gasteiger partial charge is 0.262 e. The van der Waals surface area contributed by atoms with Gasteiger partial charge in [0.1, 0.15) is 5.66 Å². The van der Waals surface area contributed by atoms with Crippen LogP contribution < -0.4 is 9.44 Å². The van der Waals surface area contributed by atoms with Gasteiger partial charge in [0.2, 0.25) is 26.0 Å². The zero-order valence-corrected chi connectivity index (χ0v) is 16.8. The molecule has 0 bridgehead atoms. The number of carbonyl (C=O) groups is 2. The van der Waals surface area contributed by atoms with Crippen LogP contribution in [0.15, 0.2) is 48.2 Å². The van der Waals surface area contributed by atoms with Crippen molar-refractivity contribution in [3.8, 4) is 0 Å². The van der Waals surface area contributed by atoms with Gasteiger partial charge >= 0.3 is 0 Å². The van der Waals surface area contributed by atoms with E-state index < -0.39 is 37.5 Å². The lowest BCUT2D eigenvalue weighted by molar-refractivity contribution is -0.132. The first-order valence-electron chi connectivity index (χ1n) is 8.21. The predicted molar refractivity (Wildman–Crippen MR) is 102 cm³/mol. The van der Waals surface area contributed by atoms with Crippen LogP contribution in [0.5, 0.6) is 0 Å². The van der Waals surface area contributed by atoms with Gasteiger partial charge in [-0.05, 0) is 23.8 Å². The number of nitrogens with zero attached hydrogens (tertiary/aromatic N) is 1. The summed E-state index contributed by atoms with van der Waals surface area (Å²) in [5.74, 6) is -1.25. The highest BCUT2D eigenvalue weighted by atomic mass is 32.2. The lowest BCUT2D eigenvalue weighted by atomic mass is 9.91. The molecule has 0 fully saturated rings. The molecule has 1 aromatic carbocycles. The molecule has 150 valence electrons. The Morgan fingerprint density at radius 1 is 1.04 bits per heavy atom. The second-order valence-corrected chi connectivity index (χ2v) is 10.3. The average molecular weight is 425 g/mol. The van der Waals surface area contributed by atoms with E-state index in [1.165, 1.54) is 18.2 Å². The first-order chi connectivity index (χ1) is 12.9. The molecule has 1 unspecified atom stereocenters. The van der Waals surface area contributed by atoms with Crippen LogP contribution in [-0.4, -0.2) is 51.7 Å². The molecule has 1 atom stereocenters. The maximum Gasteiger partial charge on any atom is 0.262 e. The molecular weight excluding hydrogens is 406 g/mol. The lowest BCUT2D eigenvalue weighted by Gasteiger charge is -2.43. The third-order valence-corrected chi connectivity index (χ3v) is 5.61. The van der Waals surface area contributed by atoms with E-state index in [4.69, 9.17) is 0 Å². The van der Waals surface area contributed by atoms with E-state index in [1.54, 1.807) is 24.3 Å². The number of nitrogens with one attached hydrogen (secondary N) is 2. The minimum Gasteiger partial charge on any atom is -0.287 e. The molecule has 1 aliphatic carbocycles. The van der Waals surface area contributed by atoms with Crippen LogP contribution in [0, 0.1) is 0 Å². The number of allylic oxidation sites excluding steroid dienone is 2. The molecule has 11 heteroatoms. The van der Waals surface area contributed by atoms with Gasteiger partial charge in [-0.15, -0.1) is 0 Å². The van der Waals surface area contributed by atoms with Crippen molar-refractivity contribution in [2.75, 3.05) is 12.5 Å². The molecule has 2 N–H and O–H groups in total. The highest BCUT2D eigenvalue weighted by molar-refractivity contribution is 7.89. The molecule has 1 aliphatic heterocycles. The molecule has 1 heterocycles. The van der Waals surface area contributed by atoms with E-state index in [9.17, 15) is 26.4 Å². The summed E-state index contributed by atoms with van der Waals surface area (Å²) in [7, 11) is -7.52. The van der Waals surface area contributed by atoms with Gasteiger partial charge in [0.05, 0.1) is 18.9 Å². The number of fused-ring (bicyclic) bond motifs is 1. The number of hydrogen-bond acceptors (Lipinski definition) is 6.